The zero-order valence-electron chi connectivity index (χ0n) is 4.72. The SMILES string of the molecule is C/C=C(/O)CNC=O. The summed E-state index contributed by atoms with van der Waals surface area (Å²) in [7, 11) is 0. The molecule has 0 spiro atoms. The largest absolute Gasteiger partial charge is 0.511 e. The summed E-state index contributed by atoms with van der Waals surface area (Å²) in [5.41, 5.74) is 0. The van der Waals surface area contributed by atoms with E-state index < -0.39 is 0 Å². The van der Waals surface area contributed by atoms with Gasteiger partial charge >= 0.3 is 0 Å². The molecule has 1 amide bonds. The molecule has 0 saturated carbocycles. The van der Waals surface area contributed by atoms with E-state index in [1.165, 1.54) is 6.08 Å². The lowest BCUT2D eigenvalue weighted by atomic mass is 10.5. The monoisotopic (exact) mass is 115 g/mol. The molecule has 0 aromatic rings. The van der Waals surface area contributed by atoms with Gasteiger partial charge < -0.3 is 10.4 Å². The van der Waals surface area contributed by atoms with Gasteiger partial charge in [0.25, 0.3) is 0 Å². The maximum atomic E-state index is 9.58. The molecule has 0 atom stereocenters. The van der Waals surface area contributed by atoms with E-state index in [2.05, 4.69) is 5.32 Å². The molecular formula is C5H9NO2. The molecule has 0 aromatic heterocycles. The normalized spacial score (nSPS) is 10.9. The van der Waals surface area contributed by atoms with Crippen LogP contribution in [-0.2, 0) is 4.79 Å². The van der Waals surface area contributed by atoms with Gasteiger partial charge in [-0.1, -0.05) is 0 Å². The number of nitrogens with one attached hydrogen (secondary N) is 1. The summed E-state index contributed by atoms with van der Waals surface area (Å²) in [4.78, 5) is 9.58. The molecule has 0 heterocycles. The van der Waals surface area contributed by atoms with Crippen LogP contribution in [0.3, 0.4) is 0 Å². The predicted octanol–water partition coefficient (Wildman–Crippen LogP) is 0.194. The molecule has 46 valence electrons. The molecule has 0 unspecified atom stereocenters. The van der Waals surface area contributed by atoms with Crippen LogP contribution in [0.25, 0.3) is 0 Å². The quantitative estimate of drug-likeness (QED) is 0.407. The predicted molar refractivity (Wildman–Crippen MR) is 30.5 cm³/mol. The van der Waals surface area contributed by atoms with Crippen LogP contribution in [0.15, 0.2) is 11.8 Å². The van der Waals surface area contributed by atoms with E-state index in [1.807, 2.05) is 0 Å². The Kier molecular flexibility index (Phi) is 3.66. The number of aliphatic hydroxyl groups is 1. The Hall–Kier alpha value is -0.990. The fraction of sp³-hybridized carbons (Fsp3) is 0.400. The highest BCUT2D eigenvalue weighted by Crippen LogP contribution is 1.80. The summed E-state index contributed by atoms with van der Waals surface area (Å²) in [5.74, 6) is 0.178. The highest BCUT2D eigenvalue weighted by atomic mass is 16.3. The summed E-state index contributed by atoms with van der Waals surface area (Å²) in [6.07, 6.45) is 2.07. The summed E-state index contributed by atoms with van der Waals surface area (Å²) in [5, 5.41) is 10.9. The maximum Gasteiger partial charge on any atom is 0.207 e. The first-order valence-electron chi connectivity index (χ1n) is 2.32. The minimum Gasteiger partial charge on any atom is -0.511 e. The van der Waals surface area contributed by atoms with Gasteiger partial charge in [-0.05, 0) is 13.0 Å². The molecule has 0 radical (unpaired) electrons. The first-order valence-corrected chi connectivity index (χ1v) is 2.32. The van der Waals surface area contributed by atoms with Crippen molar-refractivity contribution in [3.05, 3.63) is 11.8 Å². The standard InChI is InChI=1S/C5H9NO2/c1-2-5(8)3-6-4-7/h2,4,8H,3H2,1H3,(H,6,7)/b5-2+. The van der Waals surface area contributed by atoms with Crippen LogP contribution in [0.2, 0.25) is 0 Å². The van der Waals surface area contributed by atoms with Crippen molar-refractivity contribution >= 4 is 6.41 Å². The first kappa shape index (κ1) is 7.01. The number of carbonyl (C=O) groups is 1. The van der Waals surface area contributed by atoms with Crippen molar-refractivity contribution in [3.8, 4) is 0 Å². The molecule has 0 bridgehead atoms. The van der Waals surface area contributed by atoms with Gasteiger partial charge in [0.1, 0.15) is 5.76 Å². The molecule has 0 aliphatic carbocycles. The van der Waals surface area contributed by atoms with Gasteiger partial charge in [0.05, 0.1) is 6.54 Å². The van der Waals surface area contributed by atoms with Gasteiger partial charge in [-0.25, -0.2) is 0 Å². The molecule has 2 N–H and O–H groups in total. The van der Waals surface area contributed by atoms with Gasteiger partial charge in [-0.3, -0.25) is 4.79 Å². The van der Waals surface area contributed by atoms with Crippen molar-refractivity contribution in [2.24, 2.45) is 0 Å². The van der Waals surface area contributed by atoms with Crippen molar-refractivity contribution < 1.29 is 9.90 Å². The van der Waals surface area contributed by atoms with E-state index in [1.54, 1.807) is 6.92 Å². The van der Waals surface area contributed by atoms with Crippen LogP contribution in [-0.4, -0.2) is 18.1 Å². The van der Waals surface area contributed by atoms with Gasteiger partial charge in [-0.15, -0.1) is 0 Å². The molecule has 0 rings (SSSR count). The molecule has 0 aliphatic rings. The van der Waals surface area contributed by atoms with E-state index in [4.69, 9.17) is 5.11 Å². The summed E-state index contributed by atoms with van der Waals surface area (Å²) in [6, 6.07) is 0. The summed E-state index contributed by atoms with van der Waals surface area (Å²) in [6.45, 7) is 1.92. The molecule has 0 fully saturated rings. The summed E-state index contributed by atoms with van der Waals surface area (Å²) >= 11 is 0. The molecule has 3 heteroatoms. The Morgan fingerprint density at radius 3 is 2.88 bits per heavy atom. The first-order chi connectivity index (χ1) is 3.81. The lowest BCUT2D eigenvalue weighted by Crippen LogP contribution is -2.13. The Bertz CT molecular complexity index is 98.6. The van der Waals surface area contributed by atoms with Crippen LogP contribution >= 0.6 is 0 Å². The van der Waals surface area contributed by atoms with Crippen molar-refractivity contribution in [2.75, 3.05) is 6.54 Å². The van der Waals surface area contributed by atoms with E-state index in [0.29, 0.717) is 6.41 Å². The van der Waals surface area contributed by atoms with Crippen LogP contribution in [0.5, 0.6) is 0 Å². The number of amides is 1. The molecule has 0 saturated heterocycles. The molecule has 8 heavy (non-hydrogen) atoms. The lowest BCUT2D eigenvalue weighted by Gasteiger charge is -1.93. The second kappa shape index (κ2) is 4.18. The smallest absolute Gasteiger partial charge is 0.207 e. The third kappa shape index (κ3) is 3.21. The van der Waals surface area contributed by atoms with E-state index >= 15 is 0 Å². The minimum atomic E-state index is 0.178. The second-order valence-electron chi connectivity index (χ2n) is 1.28. The molecule has 0 aromatic carbocycles. The van der Waals surface area contributed by atoms with Gasteiger partial charge in [-0.2, -0.15) is 0 Å². The zero-order chi connectivity index (χ0) is 6.41. The molecule has 3 nitrogen and oxygen atoms in total. The number of aliphatic hydroxyl groups excluding tert-OH is 1. The summed E-state index contributed by atoms with van der Waals surface area (Å²) < 4.78 is 0. The van der Waals surface area contributed by atoms with Crippen molar-refractivity contribution in [1.29, 1.82) is 0 Å². The van der Waals surface area contributed by atoms with E-state index in [-0.39, 0.29) is 12.3 Å². The minimum absolute atomic E-state index is 0.178. The van der Waals surface area contributed by atoms with Crippen molar-refractivity contribution in [1.82, 2.24) is 5.32 Å². The van der Waals surface area contributed by atoms with Crippen LogP contribution < -0.4 is 5.32 Å². The highest BCUT2D eigenvalue weighted by molar-refractivity contribution is 5.46. The van der Waals surface area contributed by atoms with E-state index in [0.717, 1.165) is 0 Å². The number of hydrogen-bond acceptors (Lipinski definition) is 2. The fourth-order valence-electron chi connectivity index (χ4n) is 0.248. The number of rotatable bonds is 3. The Balaban J connectivity index is 3.24. The number of hydrogen-bond donors (Lipinski definition) is 2. The van der Waals surface area contributed by atoms with Crippen LogP contribution in [0.4, 0.5) is 0 Å². The van der Waals surface area contributed by atoms with Gasteiger partial charge in [0.15, 0.2) is 0 Å². The van der Waals surface area contributed by atoms with Crippen molar-refractivity contribution in [3.63, 3.8) is 0 Å². The second-order valence-corrected chi connectivity index (χ2v) is 1.28. The maximum absolute atomic E-state index is 9.58. The van der Waals surface area contributed by atoms with Crippen LogP contribution in [0, 0.1) is 0 Å². The third-order valence-electron chi connectivity index (χ3n) is 0.700. The average molecular weight is 115 g/mol. The molecule has 0 aliphatic heterocycles. The van der Waals surface area contributed by atoms with Crippen LogP contribution in [0.1, 0.15) is 6.92 Å². The van der Waals surface area contributed by atoms with E-state index in [9.17, 15) is 4.79 Å². The molecular weight excluding hydrogens is 106 g/mol. The van der Waals surface area contributed by atoms with Crippen molar-refractivity contribution in [2.45, 2.75) is 6.92 Å². The topological polar surface area (TPSA) is 49.3 Å². The number of allylic oxidation sites excluding steroid dienone is 1. The Morgan fingerprint density at radius 2 is 2.50 bits per heavy atom. The van der Waals surface area contributed by atoms with Gasteiger partial charge in [0.2, 0.25) is 6.41 Å². The fourth-order valence-corrected chi connectivity index (χ4v) is 0.248. The average Bonchev–Trinajstić information content (AvgIpc) is 1.83. The highest BCUT2D eigenvalue weighted by Gasteiger charge is 1.84. The Labute approximate surface area is 48.0 Å². The number of carbonyl (C=O) groups excluding carboxylic acids is 1. The Morgan fingerprint density at radius 1 is 1.88 bits per heavy atom. The third-order valence-corrected chi connectivity index (χ3v) is 0.700. The zero-order valence-corrected chi connectivity index (χ0v) is 4.72. The van der Waals surface area contributed by atoms with Gasteiger partial charge in [0, 0.05) is 0 Å². The lowest BCUT2D eigenvalue weighted by molar-refractivity contribution is -0.109.